The van der Waals surface area contributed by atoms with Gasteiger partial charge < -0.3 is 26.8 Å². The fourth-order valence-electron chi connectivity index (χ4n) is 12.5. The van der Waals surface area contributed by atoms with Crippen LogP contribution in [-0.2, 0) is 15.6 Å². The first kappa shape index (κ1) is 114. The monoisotopic (exact) mass is 2190 g/mol. The Bertz CT molecular complexity index is 5590. The van der Waals surface area contributed by atoms with Crippen LogP contribution in [0.25, 0.3) is 48.6 Å². The van der Waals surface area contributed by atoms with Crippen molar-refractivity contribution in [2.75, 3.05) is 38.3 Å². The van der Waals surface area contributed by atoms with E-state index in [1.165, 1.54) is 41.6 Å². The Morgan fingerprint density at radius 1 is 0.377 bits per heavy atom. The number of nitrogens with two attached hydrogens (primary N) is 1. The molecule has 2 atom stereocenters. The van der Waals surface area contributed by atoms with Gasteiger partial charge in [0, 0.05) is 109 Å². The second kappa shape index (κ2) is 63.3. The number of nitrogens with zero attached hydrogens (tertiary/aromatic N) is 1. The molecule has 15 rings (SSSR count). The largest absolute Gasteiger partial charge is 1.00 e. The first-order valence-corrected chi connectivity index (χ1v) is 51.0. The molecule has 2 unspecified atom stereocenters. The van der Waals surface area contributed by atoms with E-state index in [0.29, 0.717) is 86.0 Å². The summed E-state index contributed by atoms with van der Waals surface area (Å²) >= 11 is 82.8. The first-order valence-electron chi connectivity index (χ1n) is 40.1. The molecule has 0 amide bonds. The number of hydrogen-bond donors (Lipinski definition) is 3. The van der Waals surface area contributed by atoms with E-state index in [-0.39, 0.29) is 49.4 Å². The predicted octanol–water partition coefficient (Wildman–Crippen LogP) is 29.1. The van der Waals surface area contributed by atoms with E-state index in [4.69, 9.17) is 160 Å². The van der Waals surface area contributed by atoms with Crippen molar-refractivity contribution in [2.45, 2.75) is 56.9 Å². The molecular formula is C104H96AlBr3Cl12LiN2O6P. The Kier molecular flexibility index (Phi) is 55.7. The number of nitriles is 1. The van der Waals surface area contributed by atoms with Gasteiger partial charge in [0.1, 0.15) is 12.6 Å². The number of carbonyl (C=O) groups excluding carboxylic acids is 2. The van der Waals surface area contributed by atoms with Crippen molar-refractivity contribution in [1.29, 1.82) is 5.26 Å². The van der Waals surface area contributed by atoms with Crippen LogP contribution in [0.5, 0.6) is 0 Å². The molecule has 2 aliphatic heterocycles. The standard InChI is InChI=1S/C25H20BrCl2P.C17H17Cl2NO.C17H13Cl2NO.C15H10Cl2O.C14H9BrCl2.C7H5BrO.2C4H8O.CH2Cl2.Al.Li.4H/c26-29(20-11-4-1-5-12-20,21-13-6-2-7-14-21,22-15-8-3-9-16-22)19-23-24(27)17-10-18-25(23)28;2*18-15-5-2-6-16(19)14(15)8-7-12-3-1-4-13(11-12)17(21)9-10-20;16-14-5-2-6-15(17)13(14)8-7-11-3-1-4-12(9-11)10-18;15-11-4-1-3-10(9-11)7-8-12-13(16)5-2-6-14(12)17;8-7-3-1-2-6(4-7)5-9;2*1-2-4-5-3-1;2-1-3;;;;;;/h1-18H,19H2;1-8,11,17,21H,9-10,20H2;1-8,11,17,21H,9H2;1-10H;1-9H;1-5H;2*1-4H2;1H2;;;;;;/q;;;;;;;;;;+1;;;;-1/b;4*8-7+;;;;;;;;;;. The molecule has 0 aliphatic carbocycles. The van der Waals surface area contributed by atoms with Crippen molar-refractivity contribution in [3.8, 4) is 6.07 Å². The number of rotatable bonds is 20. The molecule has 0 aromatic heterocycles. The molecular weight excluding hydrogens is 2100 g/mol. The normalized spacial score (nSPS) is 12.5. The second-order valence-electron chi connectivity index (χ2n) is 28.0. The van der Waals surface area contributed by atoms with E-state index in [1.807, 2.05) is 188 Å². The first-order chi connectivity index (χ1) is 61.9. The topological polar surface area (TPSA) is 143 Å². The molecule has 0 spiro atoms. The third-order valence-electron chi connectivity index (χ3n) is 19.0. The number of aliphatic hydroxyl groups is 2. The average molecular weight is 2200 g/mol. The van der Waals surface area contributed by atoms with E-state index >= 15 is 0 Å². The summed E-state index contributed by atoms with van der Waals surface area (Å²) in [5.74, 6) is 0. The van der Waals surface area contributed by atoms with Crippen LogP contribution >= 0.6 is 192 Å². The number of hydrogen-bond acceptors (Lipinski definition) is 8. The predicted molar refractivity (Wildman–Crippen MR) is 576 cm³/mol. The summed E-state index contributed by atoms with van der Waals surface area (Å²) in [5, 5.41) is 35.5. The van der Waals surface area contributed by atoms with Crippen LogP contribution < -0.4 is 40.5 Å². The molecule has 2 heterocycles. The van der Waals surface area contributed by atoms with Crippen LogP contribution in [0, 0.1) is 11.3 Å². The SMILES string of the molecule is C1CCOC1.C1CCOC1.ClCCl.Clc1cccc(Cl)c1/C=C/c1cccc(Br)c1.Clc1cccc(Cl)c1CP(Br)(c1ccccc1)(c1ccccc1)c1ccccc1.N#CCC(O)c1cccc(/C=C/c2c(Cl)cccc2Cl)c1.NCCC(O)c1cccc(/C=C/c2c(Cl)cccc2Cl)c1.O=Cc1cccc(/C=C/c2c(Cl)cccc2Cl)c1.O=Cc1cccc(Br)c1.[AlH3].[H-].[Li+]. The van der Waals surface area contributed by atoms with Crippen molar-refractivity contribution < 1.29 is 49.6 Å². The number of carbonyl (C=O) groups is 2. The number of halogens is 15. The zero-order chi connectivity index (χ0) is 92.5. The summed E-state index contributed by atoms with van der Waals surface area (Å²) in [4.78, 5) is 20.8. The summed E-state index contributed by atoms with van der Waals surface area (Å²) in [6.45, 7) is 4.45. The molecule has 13 aromatic carbocycles. The van der Waals surface area contributed by atoms with Crippen LogP contribution in [0.1, 0.15) is 134 Å². The third-order valence-corrected chi connectivity index (χ3v) is 32.8. The molecule has 0 radical (unpaired) electrons. The molecule has 0 bridgehead atoms. The van der Waals surface area contributed by atoms with Gasteiger partial charge in [-0.1, -0.05) is 276 Å². The van der Waals surface area contributed by atoms with Gasteiger partial charge in [0.25, 0.3) is 0 Å². The maximum atomic E-state index is 10.7. The van der Waals surface area contributed by atoms with Crippen molar-refractivity contribution in [3.05, 3.63) is 435 Å². The minimum atomic E-state index is -3.10. The Morgan fingerprint density at radius 3 is 0.923 bits per heavy atom. The average Bonchev–Trinajstić information content (AvgIpc) is 0.851. The minimum Gasteiger partial charge on any atom is -1.00 e. The van der Waals surface area contributed by atoms with Gasteiger partial charge in [-0.3, -0.25) is 9.59 Å². The number of alkyl halides is 2. The summed E-state index contributed by atoms with van der Waals surface area (Å²) < 4.78 is 11.9. The zero-order valence-corrected chi connectivity index (χ0v) is 84.9. The van der Waals surface area contributed by atoms with Crippen LogP contribution in [0.2, 0.25) is 50.2 Å². The van der Waals surface area contributed by atoms with E-state index in [2.05, 4.69) is 138 Å². The summed E-state index contributed by atoms with van der Waals surface area (Å²) in [7, 11) is 0. The van der Waals surface area contributed by atoms with E-state index in [0.717, 1.165) is 104 Å². The Labute approximate surface area is 873 Å². The van der Waals surface area contributed by atoms with Gasteiger partial charge in [-0.15, -0.1) is 23.2 Å². The van der Waals surface area contributed by atoms with Crippen LogP contribution in [0.4, 0.5) is 0 Å². The number of aliphatic hydroxyl groups excluding tert-OH is 2. The molecule has 130 heavy (non-hydrogen) atoms. The van der Waals surface area contributed by atoms with Crippen molar-refractivity contribution in [2.24, 2.45) is 5.73 Å². The summed E-state index contributed by atoms with van der Waals surface area (Å²) in [6, 6.07) is 98.9. The summed E-state index contributed by atoms with van der Waals surface area (Å²) in [6.07, 6.45) is 21.9. The second-order valence-corrected chi connectivity index (χ2v) is 43.6. The molecule has 2 aliphatic rings. The molecule has 2 fully saturated rings. The Morgan fingerprint density at radius 2 is 0.638 bits per heavy atom. The van der Waals surface area contributed by atoms with Crippen molar-refractivity contribution in [3.63, 3.8) is 0 Å². The molecule has 26 heteroatoms. The van der Waals surface area contributed by atoms with E-state index in [9.17, 15) is 19.8 Å². The third kappa shape index (κ3) is 38.2. The van der Waals surface area contributed by atoms with Crippen molar-refractivity contribution in [1.82, 2.24) is 0 Å². The van der Waals surface area contributed by atoms with Crippen molar-refractivity contribution >= 4 is 286 Å². The van der Waals surface area contributed by atoms with Gasteiger partial charge in [0.15, 0.2) is 17.4 Å². The minimum absolute atomic E-state index is 0. The fourth-order valence-corrected chi connectivity index (χ4v) is 23.8. The maximum absolute atomic E-state index is 10.7. The van der Waals surface area contributed by atoms with E-state index in [1.54, 1.807) is 78.9 Å². The molecule has 8 nitrogen and oxygen atoms in total. The fraction of sp³-hybridized carbons (Fsp3) is 0.144. The maximum Gasteiger partial charge on any atom is 1.00 e. The van der Waals surface area contributed by atoms with Gasteiger partial charge in [-0.05, 0) is 163 Å². The zero-order valence-electron chi connectivity index (χ0n) is 71.2. The molecule has 4 N–H and O–H groups in total. The molecule has 672 valence electrons. The molecule has 2 saturated heterocycles. The van der Waals surface area contributed by atoms with Gasteiger partial charge in [-0.25, -0.2) is 0 Å². The smallest absolute Gasteiger partial charge is 1.00 e. The number of aldehydes is 2. The van der Waals surface area contributed by atoms with Crippen LogP contribution in [0.15, 0.2) is 312 Å². The molecule has 0 saturated carbocycles. The van der Waals surface area contributed by atoms with Gasteiger partial charge in [0.2, 0.25) is 0 Å². The van der Waals surface area contributed by atoms with Gasteiger partial charge >= 0.3 is 210 Å². The summed E-state index contributed by atoms with van der Waals surface area (Å²) in [5.41, 5.74) is 16.4. The molecule has 13 aromatic rings. The Balaban J connectivity index is 0.000000324. The van der Waals surface area contributed by atoms with E-state index < -0.39 is 17.5 Å². The Hall–Kier alpha value is -6.07. The van der Waals surface area contributed by atoms with Gasteiger partial charge in [0.05, 0.1) is 30.0 Å². The van der Waals surface area contributed by atoms with Crippen LogP contribution in [0.3, 0.4) is 0 Å². The number of ether oxygens (including phenoxy) is 2. The van der Waals surface area contributed by atoms with Crippen LogP contribution in [-0.4, -0.2) is 78.5 Å². The van der Waals surface area contributed by atoms with Gasteiger partial charge in [-0.2, -0.15) is 5.26 Å². The number of benzene rings is 13. The quantitative estimate of drug-likeness (QED) is 0.0225.